The summed E-state index contributed by atoms with van der Waals surface area (Å²) in [5.41, 5.74) is 5.22. The highest BCUT2D eigenvalue weighted by atomic mass is 16.6. The number of nitrogens with zero attached hydrogens (tertiary/aromatic N) is 4. The molecule has 2 aliphatic heterocycles. The molecule has 310 valence electrons. The van der Waals surface area contributed by atoms with Gasteiger partial charge in [0.05, 0.1) is 41.8 Å². The molecule has 4 aliphatic rings. The largest absolute Gasteiger partial charge is 0.455 e. The number of aliphatic hydroxyl groups excluding tert-OH is 1. The Bertz CT molecular complexity index is 2390. The normalized spacial score (nSPS) is 24.6. The molecule has 0 radical (unpaired) electrons. The molecule has 3 aromatic carbocycles. The van der Waals surface area contributed by atoms with Gasteiger partial charge in [-0.1, -0.05) is 52.0 Å². The number of para-hydroxylation sites is 1. The molecular formula is C44H52N8O7. The van der Waals surface area contributed by atoms with Gasteiger partial charge in [0.1, 0.15) is 29.0 Å². The number of rotatable bonds is 13. The summed E-state index contributed by atoms with van der Waals surface area (Å²) in [5.74, 6) is 3.25. The number of aromatic nitrogens is 4. The molecule has 0 bridgehead atoms. The first-order chi connectivity index (χ1) is 28.4. The number of ether oxygens (including phenoxy) is 3. The molecule has 59 heavy (non-hydrogen) atoms. The lowest BCUT2D eigenvalue weighted by molar-refractivity contribution is -0.146. The Morgan fingerprint density at radius 1 is 0.763 bits per heavy atom. The topological polar surface area (TPSA) is 187 Å². The van der Waals surface area contributed by atoms with Crippen LogP contribution < -0.4 is 15.4 Å². The fourth-order valence-electron chi connectivity index (χ4n) is 9.30. The smallest absolute Gasteiger partial charge is 0.407 e. The van der Waals surface area contributed by atoms with Crippen molar-refractivity contribution in [1.29, 1.82) is 0 Å². The number of likely N-dealkylation sites (tertiary alicyclic amines) is 2. The fraction of sp³-hybridized carbons (Fsp3) is 0.477. The summed E-state index contributed by atoms with van der Waals surface area (Å²) in [5, 5.41) is 15.8. The molecule has 2 saturated heterocycles. The maximum Gasteiger partial charge on any atom is 0.407 e. The molecular weight excluding hydrogens is 753 g/mol. The Morgan fingerprint density at radius 2 is 1.37 bits per heavy atom. The van der Waals surface area contributed by atoms with E-state index in [0.29, 0.717) is 34.7 Å². The zero-order valence-corrected chi connectivity index (χ0v) is 34.1. The van der Waals surface area contributed by atoms with E-state index in [4.69, 9.17) is 24.2 Å². The number of imidazole rings is 2. The Balaban J connectivity index is 0.908. The van der Waals surface area contributed by atoms with Gasteiger partial charge >= 0.3 is 6.09 Å². The van der Waals surface area contributed by atoms with Crippen molar-refractivity contribution in [3.63, 3.8) is 0 Å². The van der Waals surface area contributed by atoms with Crippen LogP contribution in [0.5, 0.6) is 11.5 Å². The highest BCUT2D eigenvalue weighted by Gasteiger charge is 2.57. The minimum atomic E-state index is -1.23. The van der Waals surface area contributed by atoms with Crippen LogP contribution in [-0.2, 0) is 19.1 Å². The van der Waals surface area contributed by atoms with Crippen molar-refractivity contribution >= 4 is 40.0 Å². The number of hydrogen-bond donors (Lipinski definition) is 5. The molecule has 9 rings (SSSR count). The molecule has 5 aromatic rings. The number of aromatic amines is 2. The van der Waals surface area contributed by atoms with Crippen LogP contribution in [0.3, 0.4) is 0 Å². The summed E-state index contributed by atoms with van der Waals surface area (Å²) in [4.78, 5) is 60.8. The Labute approximate surface area is 342 Å². The second kappa shape index (κ2) is 15.3. The number of methoxy groups -OCH3 is 2. The van der Waals surface area contributed by atoms with Crippen LogP contribution in [0.1, 0.15) is 77.1 Å². The maximum absolute atomic E-state index is 13.9. The highest BCUT2D eigenvalue weighted by molar-refractivity contribution is 5.88. The minimum absolute atomic E-state index is 0.0478. The van der Waals surface area contributed by atoms with E-state index in [1.54, 1.807) is 0 Å². The predicted octanol–water partition coefficient (Wildman–Crippen LogP) is 6.14. The number of nitrogens with one attached hydrogen (secondary N) is 4. The standard InChI is InChI=1S/C44H52N8O7/c1-21(2)36(49-43(55)57-5)41(53)51-31-17-25(31)19-33(51)39-45-28-15-12-24(16-30(28)47-39)23-10-13-27(14-11-23)59-35-9-7-8-29-38(35)48-40(46-29)34-20-26-18-32(26)52(34)42(54)37(22(3)4)50-44(56)58-6/h7-16,21-22,25-26,31-34,36-37,43,49,55H,17-20H2,1-6H3,(H,45,47)(H,46,48)(H,50,56)/t25-,26?,31?,32-,33+,34+,36+,37+,43?/m1/s1. The van der Waals surface area contributed by atoms with Crippen LogP contribution in [0.25, 0.3) is 33.2 Å². The molecule has 4 heterocycles. The Hall–Kier alpha value is -5.51. The molecule has 0 spiro atoms. The Morgan fingerprint density at radius 3 is 2.00 bits per heavy atom. The van der Waals surface area contributed by atoms with Crippen molar-refractivity contribution in [3.8, 4) is 22.6 Å². The molecule has 15 heteroatoms. The van der Waals surface area contributed by atoms with Crippen molar-refractivity contribution in [3.05, 3.63) is 72.3 Å². The second-order valence-corrected chi connectivity index (χ2v) is 17.2. The van der Waals surface area contributed by atoms with Crippen molar-refractivity contribution in [1.82, 2.24) is 40.4 Å². The SMILES string of the molecule is COC(=O)N[C@H](C(=O)N1[C@@H]2CC2C[C@H]1c1nc2c(Oc3ccc(-c4ccc5nc([C@@H]6C[C@H]7CC7N6C(=O)[C@@H](NC(O)OC)C(C)C)[nH]c5c4)cc3)cccc2[nH]1)C(C)C. The van der Waals surface area contributed by atoms with Crippen LogP contribution in [-0.4, -0.2) is 97.6 Å². The van der Waals surface area contributed by atoms with E-state index in [-0.39, 0.29) is 47.8 Å². The number of carbonyl (C=O) groups excluding carboxylic acids is 3. The lowest BCUT2D eigenvalue weighted by atomic mass is 10.0. The monoisotopic (exact) mass is 804 g/mol. The molecule has 2 saturated carbocycles. The number of amides is 3. The van der Waals surface area contributed by atoms with Gasteiger partial charge in [0.25, 0.3) is 0 Å². The van der Waals surface area contributed by atoms with E-state index in [1.807, 2.05) is 92.1 Å². The van der Waals surface area contributed by atoms with Crippen molar-refractivity contribution < 1.29 is 33.7 Å². The van der Waals surface area contributed by atoms with Gasteiger partial charge in [-0.3, -0.25) is 14.9 Å². The number of alkyl carbamates (subject to hydrolysis) is 1. The summed E-state index contributed by atoms with van der Waals surface area (Å²) < 4.78 is 16.2. The first-order valence-electron chi connectivity index (χ1n) is 20.6. The number of hydrogen-bond acceptors (Lipinski definition) is 10. The third kappa shape index (κ3) is 7.29. The third-order valence-electron chi connectivity index (χ3n) is 12.6. The van der Waals surface area contributed by atoms with E-state index >= 15 is 0 Å². The summed E-state index contributed by atoms with van der Waals surface area (Å²) in [6.45, 7) is 7.74. The number of H-pyrrole nitrogens is 2. The number of carbonyl (C=O) groups is 3. The van der Waals surface area contributed by atoms with Gasteiger partial charge in [-0.15, -0.1) is 0 Å². The number of benzene rings is 3. The third-order valence-corrected chi connectivity index (χ3v) is 12.6. The van der Waals surface area contributed by atoms with Crippen LogP contribution in [0.4, 0.5) is 4.79 Å². The van der Waals surface area contributed by atoms with Gasteiger partial charge < -0.3 is 44.4 Å². The van der Waals surface area contributed by atoms with E-state index in [9.17, 15) is 19.5 Å². The zero-order valence-electron chi connectivity index (χ0n) is 34.1. The predicted molar refractivity (Wildman–Crippen MR) is 219 cm³/mol. The number of aliphatic hydroxyl groups is 1. The average Bonchev–Trinajstić information content (AvgIpc) is 3.88. The lowest BCUT2D eigenvalue weighted by Gasteiger charge is -2.33. The molecule has 2 aromatic heterocycles. The van der Waals surface area contributed by atoms with Crippen molar-refractivity contribution in [2.24, 2.45) is 23.7 Å². The van der Waals surface area contributed by atoms with Crippen LogP contribution in [0.2, 0.25) is 0 Å². The quantitative estimate of drug-likeness (QED) is 0.0866. The fourth-order valence-corrected chi connectivity index (χ4v) is 9.30. The van der Waals surface area contributed by atoms with Crippen molar-refractivity contribution in [2.75, 3.05) is 14.2 Å². The number of fused-ring (bicyclic) bond motifs is 4. The molecule has 4 fully saturated rings. The van der Waals surface area contributed by atoms with Crippen LogP contribution in [0, 0.1) is 23.7 Å². The summed E-state index contributed by atoms with van der Waals surface area (Å²) in [7, 11) is 2.70. The molecule has 3 unspecified atom stereocenters. The highest BCUT2D eigenvalue weighted by Crippen LogP contribution is 2.55. The lowest BCUT2D eigenvalue weighted by Crippen LogP contribution is -2.53. The van der Waals surface area contributed by atoms with Gasteiger partial charge in [0.15, 0.2) is 5.75 Å². The van der Waals surface area contributed by atoms with Crippen LogP contribution >= 0.6 is 0 Å². The minimum Gasteiger partial charge on any atom is -0.455 e. The number of piperidine rings is 2. The molecule has 2 aliphatic carbocycles. The van der Waals surface area contributed by atoms with Gasteiger partial charge in [0, 0.05) is 19.2 Å². The molecule has 9 atom stereocenters. The molecule has 15 nitrogen and oxygen atoms in total. The van der Waals surface area contributed by atoms with Gasteiger partial charge in [-0.2, -0.15) is 0 Å². The average molecular weight is 805 g/mol. The van der Waals surface area contributed by atoms with Crippen molar-refractivity contribution in [2.45, 2.75) is 96.0 Å². The zero-order chi connectivity index (χ0) is 41.3. The van der Waals surface area contributed by atoms with Gasteiger partial charge in [0.2, 0.25) is 18.2 Å². The second-order valence-electron chi connectivity index (χ2n) is 17.2. The summed E-state index contributed by atoms with van der Waals surface area (Å²) in [6.07, 6.45) is 1.74. The van der Waals surface area contributed by atoms with E-state index in [2.05, 4.69) is 26.7 Å². The molecule has 5 N–H and O–H groups in total. The first-order valence-corrected chi connectivity index (χ1v) is 20.6. The Kier molecular flexibility index (Phi) is 10.1. The van der Waals surface area contributed by atoms with Gasteiger partial charge in [-0.05, 0) is 96.9 Å². The summed E-state index contributed by atoms with van der Waals surface area (Å²) in [6, 6.07) is 18.4. The van der Waals surface area contributed by atoms with E-state index < -0.39 is 24.6 Å². The van der Waals surface area contributed by atoms with Crippen LogP contribution in [0.15, 0.2) is 60.7 Å². The maximum atomic E-state index is 13.9. The van der Waals surface area contributed by atoms with E-state index in [1.165, 1.54) is 14.2 Å². The molecule has 3 amide bonds. The summed E-state index contributed by atoms with van der Waals surface area (Å²) >= 11 is 0. The first kappa shape index (κ1) is 39.0. The van der Waals surface area contributed by atoms with E-state index in [0.717, 1.165) is 59.2 Å². The van der Waals surface area contributed by atoms with Gasteiger partial charge in [-0.25, -0.2) is 14.8 Å².